The fourth-order valence-corrected chi connectivity index (χ4v) is 4.82. The number of halogens is 2. The number of piperidine rings is 1. The number of hydrogen-bond acceptors (Lipinski definition) is 7. The maximum Gasteiger partial charge on any atom is 0.339 e. The van der Waals surface area contributed by atoms with Gasteiger partial charge in [-0.3, -0.25) is 0 Å². The Bertz CT molecular complexity index is 1110. The van der Waals surface area contributed by atoms with Crippen LogP contribution < -0.4 is 14.2 Å². The highest BCUT2D eigenvalue weighted by atomic mass is 35.5. The molecule has 1 atom stereocenters. The van der Waals surface area contributed by atoms with Gasteiger partial charge in [-0.05, 0) is 29.8 Å². The zero-order valence-corrected chi connectivity index (χ0v) is 19.8. The van der Waals surface area contributed by atoms with Crippen molar-refractivity contribution in [1.29, 1.82) is 5.26 Å². The van der Waals surface area contributed by atoms with Gasteiger partial charge in [0.15, 0.2) is 6.61 Å². The zero-order chi connectivity index (χ0) is 24.3. The highest BCUT2D eigenvalue weighted by Gasteiger charge is 2.42. The average molecular weight is 507 g/mol. The predicted molar refractivity (Wildman–Crippen MR) is 125 cm³/mol. The van der Waals surface area contributed by atoms with E-state index in [9.17, 15) is 15.0 Å². The molecule has 0 saturated carbocycles. The van der Waals surface area contributed by atoms with E-state index in [1.807, 2.05) is 24.3 Å². The number of rotatable bonds is 8. The molecular weight excluding hydrogens is 483 g/mol. The highest BCUT2D eigenvalue weighted by molar-refractivity contribution is 6.32. The molecule has 0 aromatic heterocycles. The van der Waals surface area contributed by atoms with E-state index >= 15 is 0 Å². The van der Waals surface area contributed by atoms with Crippen LogP contribution in [0, 0.1) is 11.3 Å². The van der Waals surface area contributed by atoms with Gasteiger partial charge < -0.3 is 29.3 Å². The molecule has 0 unspecified atom stereocenters. The molecule has 2 aliphatic rings. The monoisotopic (exact) mass is 506 g/mol. The van der Waals surface area contributed by atoms with Crippen molar-refractivity contribution in [2.45, 2.75) is 31.0 Å². The normalized spacial score (nSPS) is 17.5. The summed E-state index contributed by atoms with van der Waals surface area (Å²) in [6.45, 7) is 1.54. The highest BCUT2D eigenvalue weighted by Crippen LogP contribution is 2.42. The molecule has 0 aliphatic carbocycles. The van der Waals surface area contributed by atoms with Crippen molar-refractivity contribution < 1.29 is 29.2 Å². The number of nitriles is 1. The number of nitrogens with zero attached hydrogens (tertiary/aromatic N) is 2. The van der Waals surface area contributed by atoms with Crippen molar-refractivity contribution in [3.8, 4) is 23.3 Å². The molecule has 8 nitrogen and oxygen atoms in total. The molecule has 0 radical (unpaired) electrons. The largest absolute Gasteiger partial charge is 0.490 e. The Morgan fingerprint density at radius 2 is 1.97 bits per heavy atom. The Labute approximate surface area is 207 Å². The maximum absolute atomic E-state index is 11.6. The first-order valence-electron chi connectivity index (χ1n) is 10.9. The number of fused-ring (bicyclic) bond motifs is 1. The van der Waals surface area contributed by atoms with Gasteiger partial charge in [0.1, 0.15) is 47.2 Å². The number of β-amino-alcohol motifs (C(OH)–C–C–N with tert-alkyl or cyclic N) is 1. The van der Waals surface area contributed by atoms with Crippen molar-refractivity contribution in [1.82, 2.24) is 4.90 Å². The van der Waals surface area contributed by atoms with E-state index in [-0.39, 0.29) is 40.9 Å². The fraction of sp³-hybridized carbons (Fsp3) is 0.417. The lowest BCUT2D eigenvalue weighted by Gasteiger charge is -2.39. The molecule has 0 bridgehead atoms. The second-order valence-corrected chi connectivity index (χ2v) is 9.35. The number of carboxylic acid groups (broad SMARTS) is 1. The molecular formula is C24H24Cl2N2O6. The van der Waals surface area contributed by atoms with Gasteiger partial charge in [-0.2, -0.15) is 5.26 Å². The molecule has 4 rings (SSSR count). The van der Waals surface area contributed by atoms with Crippen molar-refractivity contribution >= 4 is 29.2 Å². The smallest absolute Gasteiger partial charge is 0.339 e. The van der Waals surface area contributed by atoms with E-state index in [1.54, 1.807) is 0 Å². The summed E-state index contributed by atoms with van der Waals surface area (Å²) >= 11 is 12.1. The molecule has 2 aromatic rings. The molecule has 1 saturated heterocycles. The van der Waals surface area contributed by atoms with Crippen molar-refractivity contribution in [2.24, 2.45) is 0 Å². The Morgan fingerprint density at radius 1 is 1.21 bits per heavy atom. The van der Waals surface area contributed by atoms with Crippen LogP contribution in [0.5, 0.6) is 17.2 Å². The van der Waals surface area contributed by atoms with Gasteiger partial charge in [-0.1, -0.05) is 23.2 Å². The molecule has 34 heavy (non-hydrogen) atoms. The Kier molecular flexibility index (Phi) is 7.39. The van der Waals surface area contributed by atoms with Crippen LogP contribution in [0.25, 0.3) is 0 Å². The van der Waals surface area contributed by atoms with Crippen LogP contribution in [0.2, 0.25) is 10.0 Å². The molecule has 2 aliphatic heterocycles. The number of ether oxygens (including phenoxy) is 3. The summed E-state index contributed by atoms with van der Waals surface area (Å²) in [5.41, 5.74) is 0.744. The number of aromatic carboxylic acids is 1. The minimum absolute atomic E-state index is 0.0114. The van der Waals surface area contributed by atoms with Crippen LogP contribution >= 0.6 is 23.2 Å². The summed E-state index contributed by atoms with van der Waals surface area (Å²) in [5.74, 6) is -0.185. The van der Waals surface area contributed by atoms with E-state index in [4.69, 9.17) is 42.7 Å². The summed E-state index contributed by atoms with van der Waals surface area (Å²) in [4.78, 5) is 13.7. The van der Waals surface area contributed by atoms with Crippen LogP contribution in [-0.4, -0.2) is 65.6 Å². The summed E-state index contributed by atoms with van der Waals surface area (Å²) in [6, 6.07) is 10.1. The molecule has 180 valence electrons. The van der Waals surface area contributed by atoms with Crippen LogP contribution in [-0.2, 0) is 6.42 Å². The van der Waals surface area contributed by atoms with Crippen molar-refractivity contribution in [3.63, 3.8) is 0 Å². The molecule has 0 amide bonds. The number of aliphatic hydroxyl groups excluding tert-OH is 1. The van der Waals surface area contributed by atoms with E-state index in [2.05, 4.69) is 4.90 Å². The number of carbonyl (C=O) groups is 1. The number of likely N-dealkylation sites (tertiary alicyclic amines) is 1. The third-order valence-corrected chi connectivity index (χ3v) is 6.62. The SMILES string of the molecule is N#CCOc1cc(OC[C@H](O)CN2CCC3(CC2)Cc2cc(Cl)ccc2O3)c(C(=O)O)cc1Cl. The first-order valence-corrected chi connectivity index (χ1v) is 11.6. The van der Waals surface area contributed by atoms with Crippen LogP contribution in [0.1, 0.15) is 28.8 Å². The quantitative estimate of drug-likeness (QED) is 0.555. The summed E-state index contributed by atoms with van der Waals surface area (Å²) in [5, 5.41) is 29.4. The standard InChI is InChI=1S/C24H24Cl2N2O6/c25-16-1-2-20-15(9-16)12-24(34-20)3-6-28(7-4-24)13-17(29)14-33-21-11-22(32-8-5-27)19(26)10-18(21)23(30)31/h1-2,9-11,17,29H,3-4,6-8,12-14H2,(H,30,31)/t17-/m1/s1. The number of aliphatic hydroxyl groups is 1. The van der Waals surface area contributed by atoms with Gasteiger partial charge in [0.05, 0.1) is 5.02 Å². The number of benzene rings is 2. The fourth-order valence-electron chi connectivity index (χ4n) is 4.40. The van der Waals surface area contributed by atoms with Gasteiger partial charge in [0.2, 0.25) is 0 Å². The second kappa shape index (κ2) is 10.3. The zero-order valence-electron chi connectivity index (χ0n) is 18.3. The maximum atomic E-state index is 11.6. The number of hydrogen-bond donors (Lipinski definition) is 2. The van der Waals surface area contributed by atoms with Gasteiger partial charge in [0.25, 0.3) is 0 Å². The van der Waals surface area contributed by atoms with Gasteiger partial charge >= 0.3 is 5.97 Å². The van der Waals surface area contributed by atoms with Gasteiger partial charge in [0, 0.05) is 50.0 Å². The first kappa shape index (κ1) is 24.4. The third-order valence-electron chi connectivity index (χ3n) is 6.09. The lowest BCUT2D eigenvalue weighted by Crippen LogP contribution is -2.49. The van der Waals surface area contributed by atoms with E-state index in [1.165, 1.54) is 12.1 Å². The Balaban J connectivity index is 1.31. The lowest BCUT2D eigenvalue weighted by atomic mass is 9.87. The van der Waals surface area contributed by atoms with Crippen LogP contribution in [0.3, 0.4) is 0 Å². The predicted octanol–water partition coefficient (Wildman–Crippen LogP) is 3.80. The summed E-state index contributed by atoms with van der Waals surface area (Å²) in [7, 11) is 0. The molecule has 10 heteroatoms. The molecule has 2 aromatic carbocycles. The summed E-state index contributed by atoms with van der Waals surface area (Å²) in [6.07, 6.45) is 1.64. The Morgan fingerprint density at radius 3 is 2.68 bits per heavy atom. The molecule has 1 spiro atoms. The lowest BCUT2D eigenvalue weighted by molar-refractivity contribution is -0.00203. The van der Waals surface area contributed by atoms with Crippen LogP contribution in [0.15, 0.2) is 30.3 Å². The third kappa shape index (κ3) is 5.50. The van der Waals surface area contributed by atoms with E-state index in [0.29, 0.717) is 11.6 Å². The van der Waals surface area contributed by atoms with Gasteiger partial charge in [-0.15, -0.1) is 0 Å². The minimum Gasteiger partial charge on any atom is -0.490 e. The molecule has 2 N–H and O–H groups in total. The van der Waals surface area contributed by atoms with Crippen molar-refractivity contribution in [3.05, 3.63) is 51.5 Å². The number of carboxylic acids is 1. The average Bonchev–Trinajstić information content (AvgIpc) is 3.15. The van der Waals surface area contributed by atoms with Crippen LogP contribution in [0.4, 0.5) is 0 Å². The van der Waals surface area contributed by atoms with Gasteiger partial charge in [-0.25, -0.2) is 4.79 Å². The molecule has 2 heterocycles. The second-order valence-electron chi connectivity index (χ2n) is 8.51. The van der Waals surface area contributed by atoms with E-state index < -0.39 is 12.1 Å². The molecule has 1 fully saturated rings. The minimum atomic E-state index is -1.22. The summed E-state index contributed by atoms with van der Waals surface area (Å²) < 4.78 is 17.1. The topological polar surface area (TPSA) is 112 Å². The van der Waals surface area contributed by atoms with Crippen molar-refractivity contribution in [2.75, 3.05) is 32.8 Å². The van der Waals surface area contributed by atoms with E-state index in [0.717, 1.165) is 43.7 Å². The Hall–Kier alpha value is -2.70. The first-order chi connectivity index (χ1) is 16.3.